The molecule has 0 saturated carbocycles. The molecule has 0 aliphatic carbocycles. The van der Waals surface area contributed by atoms with Crippen LogP contribution in [0.15, 0.2) is 109 Å². The highest BCUT2D eigenvalue weighted by Crippen LogP contribution is 2.19. The lowest BCUT2D eigenvalue weighted by atomic mass is 10.0. The Morgan fingerprint density at radius 1 is 0.780 bits per heavy atom. The zero-order valence-electron chi connectivity index (χ0n) is 29.1. The van der Waals surface area contributed by atoms with Crippen molar-refractivity contribution in [3.63, 3.8) is 0 Å². The second-order valence-electron chi connectivity index (χ2n) is 13.0. The number of hydrogen-bond donors (Lipinski definition) is 5. The molecule has 260 valence electrons. The van der Waals surface area contributed by atoms with E-state index in [0.29, 0.717) is 18.7 Å². The van der Waals surface area contributed by atoms with Crippen molar-refractivity contribution in [2.45, 2.75) is 71.4 Å². The number of nitrogens with one attached hydrogen (secondary N) is 3. The van der Waals surface area contributed by atoms with Crippen molar-refractivity contribution in [2.24, 2.45) is 0 Å². The van der Waals surface area contributed by atoms with Crippen molar-refractivity contribution in [3.05, 3.63) is 154 Å². The molecule has 2 aromatic heterocycles. The van der Waals surface area contributed by atoms with Gasteiger partial charge in [-0.25, -0.2) is 4.98 Å². The number of aryl methyl sites for hydroxylation is 2. The molecule has 9 heteroatoms. The zero-order chi connectivity index (χ0) is 35.6. The van der Waals surface area contributed by atoms with Gasteiger partial charge in [-0.1, -0.05) is 72.8 Å². The van der Waals surface area contributed by atoms with Gasteiger partial charge in [-0.2, -0.15) is 0 Å². The van der Waals surface area contributed by atoms with Gasteiger partial charge < -0.3 is 30.7 Å². The smallest absolute Gasteiger partial charge is 0.251 e. The van der Waals surface area contributed by atoms with E-state index in [1.807, 2.05) is 92.7 Å². The fourth-order valence-corrected chi connectivity index (χ4v) is 6.01. The minimum atomic E-state index is -0.813. The summed E-state index contributed by atoms with van der Waals surface area (Å²) in [5, 5.41) is 30.6. The number of benzene rings is 3. The number of pyridine rings is 1. The topological polar surface area (TPSA) is 129 Å². The van der Waals surface area contributed by atoms with Gasteiger partial charge in [-0.05, 0) is 86.7 Å². The van der Waals surface area contributed by atoms with Gasteiger partial charge in [0, 0.05) is 47.8 Å². The molecule has 0 aliphatic heterocycles. The van der Waals surface area contributed by atoms with Crippen molar-refractivity contribution in [1.29, 1.82) is 0 Å². The van der Waals surface area contributed by atoms with Crippen molar-refractivity contribution in [3.8, 4) is 5.82 Å². The van der Waals surface area contributed by atoms with Gasteiger partial charge in [0.15, 0.2) is 0 Å². The Labute approximate surface area is 294 Å². The second kappa shape index (κ2) is 17.0. The SMILES string of the molecule is Cc1ccc(C)n1-c1ccc([C@H](O)CNC(C)Cc2cccc(CC(=O)NCc3ccc(C(=O)N[C@H](C)[C@H](O)c4ccccc4)cc3)c2)cn1. The average molecular weight is 674 g/mol. The largest absolute Gasteiger partial charge is 0.387 e. The molecule has 0 radical (unpaired) electrons. The van der Waals surface area contributed by atoms with E-state index >= 15 is 0 Å². The summed E-state index contributed by atoms with van der Waals surface area (Å²) in [6.07, 6.45) is 1.23. The van der Waals surface area contributed by atoms with E-state index in [4.69, 9.17) is 0 Å². The lowest BCUT2D eigenvalue weighted by Gasteiger charge is -2.20. The molecule has 4 atom stereocenters. The van der Waals surface area contributed by atoms with Crippen LogP contribution in [0.4, 0.5) is 0 Å². The Morgan fingerprint density at radius 2 is 1.48 bits per heavy atom. The first-order chi connectivity index (χ1) is 24.1. The molecular weight excluding hydrogens is 626 g/mol. The number of aliphatic hydroxyl groups is 2. The third-order valence-corrected chi connectivity index (χ3v) is 8.89. The summed E-state index contributed by atoms with van der Waals surface area (Å²) in [4.78, 5) is 30.1. The van der Waals surface area contributed by atoms with E-state index in [1.54, 1.807) is 25.3 Å². The highest BCUT2D eigenvalue weighted by Gasteiger charge is 2.19. The predicted molar refractivity (Wildman–Crippen MR) is 196 cm³/mol. The lowest BCUT2D eigenvalue weighted by Crippen LogP contribution is -2.37. The fraction of sp³-hybridized carbons (Fsp3) is 0.293. The van der Waals surface area contributed by atoms with E-state index in [9.17, 15) is 19.8 Å². The van der Waals surface area contributed by atoms with Crippen LogP contribution in [0, 0.1) is 13.8 Å². The fourth-order valence-electron chi connectivity index (χ4n) is 6.01. The second-order valence-corrected chi connectivity index (χ2v) is 13.0. The number of rotatable bonds is 15. The van der Waals surface area contributed by atoms with Crippen LogP contribution in [0.25, 0.3) is 5.82 Å². The first-order valence-electron chi connectivity index (χ1n) is 17.1. The van der Waals surface area contributed by atoms with Gasteiger partial charge in [0.05, 0.1) is 24.7 Å². The van der Waals surface area contributed by atoms with Crippen LogP contribution in [-0.2, 0) is 24.2 Å². The normalized spacial score (nSPS) is 13.6. The zero-order valence-corrected chi connectivity index (χ0v) is 29.1. The van der Waals surface area contributed by atoms with E-state index < -0.39 is 18.2 Å². The van der Waals surface area contributed by atoms with Crippen LogP contribution < -0.4 is 16.0 Å². The number of hydrogen-bond acceptors (Lipinski definition) is 6. The van der Waals surface area contributed by atoms with Gasteiger partial charge in [0.1, 0.15) is 5.82 Å². The Morgan fingerprint density at radius 3 is 2.16 bits per heavy atom. The summed E-state index contributed by atoms with van der Waals surface area (Å²) >= 11 is 0. The Kier molecular flexibility index (Phi) is 12.3. The van der Waals surface area contributed by atoms with E-state index in [0.717, 1.165) is 51.4 Å². The van der Waals surface area contributed by atoms with Crippen molar-refractivity contribution in [1.82, 2.24) is 25.5 Å². The third-order valence-electron chi connectivity index (χ3n) is 8.89. The molecule has 5 N–H and O–H groups in total. The van der Waals surface area contributed by atoms with Crippen LogP contribution in [0.3, 0.4) is 0 Å². The summed E-state index contributed by atoms with van der Waals surface area (Å²) < 4.78 is 2.08. The molecule has 0 aliphatic rings. The standard InChI is InChI=1S/C41H47N5O4/c1-27(42-26-37(47)36-19-20-38(43-25-36)46-28(2)13-14-29(46)3)21-32-9-8-10-33(22-32)23-39(48)44-24-31-15-17-35(18-16-31)41(50)45-30(4)40(49)34-11-6-5-7-12-34/h5-20,22,25,27,30,37,40,42,47,49H,21,23-24,26H2,1-4H3,(H,44,48)(H,45,50)/t27?,30-,37-,40+/m1/s1. The molecule has 0 saturated heterocycles. The molecule has 50 heavy (non-hydrogen) atoms. The lowest BCUT2D eigenvalue weighted by molar-refractivity contribution is -0.120. The van der Waals surface area contributed by atoms with Gasteiger partial charge in [-0.15, -0.1) is 0 Å². The maximum Gasteiger partial charge on any atom is 0.251 e. The highest BCUT2D eigenvalue weighted by molar-refractivity contribution is 5.94. The summed E-state index contributed by atoms with van der Waals surface area (Å²) in [5.41, 5.74) is 7.11. The van der Waals surface area contributed by atoms with Crippen LogP contribution in [0.5, 0.6) is 0 Å². The number of carbonyl (C=O) groups excluding carboxylic acids is 2. The number of aromatic nitrogens is 2. The first-order valence-corrected chi connectivity index (χ1v) is 17.1. The monoisotopic (exact) mass is 673 g/mol. The molecule has 5 aromatic rings. The number of aliphatic hydroxyl groups excluding tert-OH is 2. The van der Waals surface area contributed by atoms with Gasteiger partial charge in [0.25, 0.3) is 5.91 Å². The molecule has 3 aromatic carbocycles. The molecule has 0 bridgehead atoms. The molecule has 0 fully saturated rings. The van der Waals surface area contributed by atoms with E-state index in [2.05, 4.69) is 44.6 Å². The molecule has 5 rings (SSSR count). The molecule has 0 spiro atoms. The minimum absolute atomic E-state index is 0.0938. The number of carbonyl (C=O) groups is 2. The number of amides is 2. The maximum atomic E-state index is 12.8. The van der Waals surface area contributed by atoms with Gasteiger partial charge in [0.2, 0.25) is 5.91 Å². The minimum Gasteiger partial charge on any atom is -0.387 e. The third kappa shape index (κ3) is 9.75. The number of nitrogens with zero attached hydrogens (tertiary/aromatic N) is 2. The average Bonchev–Trinajstić information content (AvgIpc) is 3.47. The summed E-state index contributed by atoms with van der Waals surface area (Å²) in [5.74, 6) is 0.465. The van der Waals surface area contributed by atoms with Gasteiger partial charge in [-0.3, -0.25) is 9.59 Å². The van der Waals surface area contributed by atoms with Crippen molar-refractivity contribution < 1.29 is 19.8 Å². The summed E-state index contributed by atoms with van der Waals surface area (Å²) in [7, 11) is 0. The molecular formula is C41H47N5O4. The first kappa shape index (κ1) is 36.2. The molecule has 9 nitrogen and oxygen atoms in total. The predicted octanol–water partition coefficient (Wildman–Crippen LogP) is 5.45. The summed E-state index contributed by atoms with van der Waals surface area (Å²) in [6.45, 7) is 8.68. The Hall–Kier alpha value is -5.09. The van der Waals surface area contributed by atoms with Gasteiger partial charge >= 0.3 is 0 Å². The Bertz CT molecular complexity index is 1840. The van der Waals surface area contributed by atoms with Crippen molar-refractivity contribution >= 4 is 11.8 Å². The highest BCUT2D eigenvalue weighted by atomic mass is 16.3. The van der Waals surface area contributed by atoms with Crippen LogP contribution in [0.2, 0.25) is 0 Å². The molecule has 2 heterocycles. The van der Waals surface area contributed by atoms with E-state index in [-0.39, 0.29) is 24.3 Å². The summed E-state index contributed by atoms with van der Waals surface area (Å²) in [6, 6.07) is 31.9. The molecule has 2 amide bonds. The quantitative estimate of drug-likeness (QED) is 0.101. The van der Waals surface area contributed by atoms with E-state index in [1.165, 1.54) is 0 Å². The maximum absolute atomic E-state index is 12.8. The van der Waals surface area contributed by atoms with Crippen molar-refractivity contribution in [2.75, 3.05) is 6.54 Å². The Balaban J connectivity index is 1.04. The van der Waals surface area contributed by atoms with Crippen LogP contribution >= 0.6 is 0 Å². The van der Waals surface area contributed by atoms with Crippen LogP contribution in [-0.4, -0.2) is 50.2 Å². The molecule has 1 unspecified atom stereocenters. The van der Waals surface area contributed by atoms with Crippen LogP contribution in [0.1, 0.15) is 75.6 Å².